The number of rotatable bonds is 4. The van der Waals surface area contributed by atoms with Gasteiger partial charge < -0.3 is 5.32 Å². The van der Waals surface area contributed by atoms with Crippen LogP contribution in [0.3, 0.4) is 0 Å². The van der Waals surface area contributed by atoms with Gasteiger partial charge in [0.2, 0.25) is 10.0 Å². The van der Waals surface area contributed by atoms with Gasteiger partial charge in [0.15, 0.2) is 0 Å². The monoisotopic (exact) mass is 414 g/mol. The molecule has 0 bridgehead atoms. The lowest BCUT2D eigenvalue weighted by Gasteiger charge is -2.31. The maximum absolute atomic E-state index is 13.1. The summed E-state index contributed by atoms with van der Waals surface area (Å²) in [7, 11) is -3.71. The van der Waals surface area contributed by atoms with Crippen LogP contribution in [0.2, 0.25) is 5.02 Å². The largest absolute Gasteiger partial charge is 0.304 e. The first-order chi connectivity index (χ1) is 13.2. The van der Waals surface area contributed by atoms with E-state index < -0.39 is 16.1 Å². The van der Waals surface area contributed by atoms with E-state index in [0.717, 1.165) is 21.9 Å². The van der Waals surface area contributed by atoms with Gasteiger partial charge in [-0.2, -0.15) is 0 Å². The van der Waals surface area contributed by atoms with E-state index in [1.807, 2.05) is 18.2 Å². The molecule has 0 fully saturated rings. The van der Waals surface area contributed by atoms with E-state index in [4.69, 9.17) is 11.6 Å². The second-order valence-electron chi connectivity index (χ2n) is 8.22. The van der Waals surface area contributed by atoms with Crippen molar-refractivity contribution in [2.24, 2.45) is 0 Å². The van der Waals surface area contributed by atoms with Gasteiger partial charge in [-0.1, -0.05) is 48.0 Å². The van der Waals surface area contributed by atoms with Crippen molar-refractivity contribution >= 4 is 32.4 Å². The standard InChI is InChI=1S/C22H23ClN2O2S/c1-22(2,3)24-20-17-8-4-6-14-7-5-9-18(19(14)17)21(20)25-28(26,27)16-12-10-15(23)11-13-16/h4-13,20-21,24-25H,1-3H3/t20-,21-/m1/s1. The highest BCUT2D eigenvalue weighted by Crippen LogP contribution is 2.45. The van der Waals surface area contributed by atoms with Crippen LogP contribution in [-0.2, 0) is 10.0 Å². The Kier molecular flexibility index (Phi) is 4.74. The molecule has 3 aromatic rings. The molecule has 0 amide bonds. The minimum atomic E-state index is -3.71. The van der Waals surface area contributed by atoms with Gasteiger partial charge in [0, 0.05) is 10.6 Å². The topological polar surface area (TPSA) is 58.2 Å². The molecule has 0 saturated carbocycles. The van der Waals surface area contributed by atoms with Crippen molar-refractivity contribution in [1.29, 1.82) is 0 Å². The average Bonchev–Trinajstić information content (AvgIpc) is 2.89. The molecule has 1 aliphatic rings. The van der Waals surface area contributed by atoms with Gasteiger partial charge >= 0.3 is 0 Å². The third kappa shape index (κ3) is 3.55. The predicted octanol–water partition coefficient (Wildman–Crippen LogP) is 4.96. The summed E-state index contributed by atoms with van der Waals surface area (Å²) in [6, 6.07) is 17.9. The van der Waals surface area contributed by atoms with Crippen LogP contribution in [-0.4, -0.2) is 14.0 Å². The second-order valence-corrected chi connectivity index (χ2v) is 10.4. The summed E-state index contributed by atoms with van der Waals surface area (Å²) in [5.74, 6) is 0. The van der Waals surface area contributed by atoms with Crippen LogP contribution in [0.15, 0.2) is 65.6 Å². The minimum Gasteiger partial charge on any atom is -0.304 e. The molecule has 1 aliphatic carbocycles. The number of hydrogen-bond donors (Lipinski definition) is 2. The van der Waals surface area contributed by atoms with E-state index in [-0.39, 0.29) is 16.5 Å². The molecular formula is C22H23ClN2O2S. The van der Waals surface area contributed by atoms with Crippen molar-refractivity contribution in [2.45, 2.75) is 43.3 Å². The quantitative estimate of drug-likeness (QED) is 0.634. The molecular weight excluding hydrogens is 392 g/mol. The highest BCUT2D eigenvalue weighted by Gasteiger charge is 2.38. The average molecular weight is 415 g/mol. The van der Waals surface area contributed by atoms with E-state index in [1.165, 1.54) is 12.1 Å². The van der Waals surface area contributed by atoms with Gasteiger partial charge in [0.1, 0.15) is 0 Å². The number of halogens is 1. The summed E-state index contributed by atoms with van der Waals surface area (Å²) < 4.78 is 29.1. The summed E-state index contributed by atoms with van der Waals surface area (Å²) in [4.78, 5) is 0.203. The molecule has 0 aliphatic heterocycles. The van der Waals surface area contributed by atoms with Gasteiger partial charge in [0.05, 0.1) is 17.0 Å². The lowest BCUT2D eigenvalue weighted by molar-refractivity contribution is 0.327. The summed E-state index contributed by atoms with van der Waals surface area (Å²) in [6.45, 7) is 6.25. The Labute approximate surface area is 171 Å². The number of sulfonamides is 1. The maximum atomic E-state index is 13.1. The van der Waals surface area contributed by atoms with Crippen LogP contribution < -0.4 is 10.0 Å². The Bertz CT molecular complexity index is 1130. The molecule has 2 N–H and O–H groups in total. The first-order valence-electron chi connectivity index (χ1n) is 9.23. The van der Waals surface area contributed by atoms with Gasteiger partial charge in [-0.05, 0) is 66.9 Å². The third-order valence-corrected chi connectivity index (χ3v) is 6.68. The Morgan fingerprint density at radius 2 is 1.43 bits per heavy atom. The molecule has 0 unspecified atom stereocenters. The highest BCUT2D eigenvalue weighted by atomic mass is 35.5. The highest BCUT2D eigenvalue weighted by molar-refractivity contribution is 7.89. The van der Waals surface area contributed by atoms with Crippen LogP contribution in [0.1, 0.15) is 44.0 Å². The zero-order valence-electron chi connectivity index (χ0n) is 16.0. The van der Waals surface area contributed by atoms with Gasteiger partial charge in [0.25, 0.3) is 0 Å². The third-order valence-electron chi connectivity index (χ3n) is 4.97. The molecule has 0 aromatic heterocycles. The molecule has 0 radical (unpaired) electrons. The number of nitrogens with one attached hydrogen (secondary N) is 2. The van der Waals surface area contributed by atoms with Crippen molar-refractivity contribution < 1.29 is 8.42 Å². The minimum absolute atomic E-state index is 0.164. The number of hydrogen-bond acceptors (Lipinski definition) is 3. The lowest BCUT2D eigenvalue weighted by Crippen LogP contribution is -2.44. The van der Waals surface area contributed by atoms with Crippen molar-refractivity contribution in [1.82, 2.24) is 10.0 Å². The molecule has 4 nitrogen and oxygen atoms in total. The van der Waals surface area contributed by atoms with Crippen LogP contribution in [0, 0.1) is 0 Å². The van der Waals surface area contributed by atoms with E-state index in [0.29, 0.717) is 5.02 Å². The molecule has 0 saturated heterocycles. The first-order valence-corrected chi connectivity index (χ1v) is 11.1. The molecule has 6 heteroatoms. The number of benzene rings is 3. The fourth-order valence-electron chi connectivity index (χ4n) is 3.89. The molecule has 146 valence electrons. The normalized spacial score (nSPS) is 19.3. The summed E-state index contributed by atoms with van der Waals surface area (Å²) in [6.07, 6.45) is 0. The predicted molar refractivity (Wildman–Crippen MR) is 114 cm³/mol. The van der Waals surface area contributed by atoms with E-state index in [9.17, 15) is 8.42 Å². The summed E-state index contributed by atoms with van der Waals surface area (Å²) >= 11 is 5.92. The summed E-state index contributed by atoms with van der Waals surface area (Å²) in [5, 5.41) is 6.35. The molecule has 4 rings (SSSR count). The van der Waals surface area contributed by atoms with Crippen molar-refractivity contribution in [3.8, 4) is 0 Å². The zero-order valence-corrected chi connectivity index (χ0v) is 17.6. The van der Waals surface area contributed by atoms with Crippen molar-refractivity contribution in [2.75, 3.05) is 0 Å². The van der Waals surface area contributed by atoms with E-state index in [1.54, 1.807) is 12.1 Å². The molecule has 0 spiro atoms. The smallest absolute Gasteiger partial charge is 0.241 e. The van der Waals surface area contributed by atoms with Crippen LogP contribution in [0.5, 0.6) is 0 Å². The summed E-state index contributed by atoms with van der Waals surface area (Å²) in [5.41, 5.74) is 1.93. The van der Waals surface area contributed by atoms with E-state index in [2.05, 4.69) is 49.0 Å². The zero-order chi connectivity index (χ0) is 20.1. The van der Waals surface area contributed by atoms with Crippen molar-refractivity contribution in [3.63, 3.8) is 0 Å². The Morgan fingerprint density at radius 1 is 0.857 bits per heavy atom. The Balaban J connectivity index is 1.80. The maximum Gasteiger partial charge on any atom is 0.241 e. The Morgan fingerprint density at radius 3 is 2.00 bits per heavy atom. The molecule has 28 heavy (non-hydrogen) atoms. The van der Waals surface area contributed by atoms with Crippen LogP contribution >= 0.6 is 11.6 Å². The molecule has 3 aromatic carbocycles. The molecule has 0 heterocycles. The van der Waals surface area contributed by atoms with Crippen LogP contribution in [0.4, 0.5) is 0 Å². The van der Waals surface area contributed by atoms with E-state index >= 15 is 0 Å². The fraction of sp³-hybridized carbons (Fsp3) is 0.273. The second kappa shape index (κ2) is 6.85. The lowest BCUT2D eigenvalue weighted by atomic mass is 10.0. The van der Waals surface area contributed by atoms with Crippen molar-refractivity contribution in [3.05, 3.63) is 76.8 Å². The molecule has 2 atom stereocenters. The van der Waals surface area contributed by atoms with Crippen LogP contribution in [0.25, 0.3) is 10.8 Å². The Hall–Kier alpha value is -1.92. The fourth-order valence-corrected chi connectivity index (χ4v) is 5.24. The van der Waals surface area contributed by atoms with Gasteiger partial charge in [-0.3, -0.25) is 0 Å². The van der Waals surface area contributed by atoms with Gasteiger partial charge in [-0.25, -0.2) is 13.1 Å². The van der Waals surface area contributed by atoms with Gasteiger partial charge in [-0.15, -0.1) is 0 Å². The first kappa shape index (κ1) is 19.4. The SMILES string of the molecule is CC(C)(C)N[C@@H]1c2cccc3cccc(c23)[C@H]1NS(=O)(=O)c1ccc(Cl)cc1.